The normalized spacial score (nSPS) is 40.9. The van der Waals surface area contributed by atoms with Crippen LogP contribution in [-0.2, 0) is 0 Å². The van der Waals surface area contributed by atoms with E-state index in [-0.39, 0.29) is 0 Å². The average molecular weight is 197 g/mol. The number of piperazine rings is 1. The molecular formula is C11H23N3. The number of hydrogen-bond donors (Lipinski definition) is 1. The Hall–Kier alpha value is -0.120. The first-order chi connectivity index (χ1) is 6.72. The molecule has 14 heavy (non-hydrogen) atoms. The second-order valence-corrected chi connectivity index (χ2v) is 5.01. The summed E-state index contributed by atoms with van der Waals surface area (Å²) in [6.07, 6.45) is 3.98. The lowest BCUT2D eigenvalue weighted by Gasteiger charge is -2.49. The van der Waals surface area contributed by atoms with Gasteiger partial charge >= 0.3 is 0 Å². The molecule has 2 aliphatic rings. The third-order valence-electron chi connectivity index (χ3n) is 4.16. The van der Waals surface area contributed by atoms with E-state index in [9.17, 15) is 0 Å². The summed E-state index contributed by atoms with van der Waals surface area (Å²) in [4.78, 5) is 5.07. The van der Waals surface area contributed by atoms with Crippen LogP contribution in [-0.4, -0.2) is 55.6 Å². The van der Waals surface area contributed by atoms with Gasteiger partial charge in [-0.25, -0.2) is 0 Å². The Kier molecular flexibility index (Phi) is 3.10. The molecule has 1 aliphatic carbocycles. The molecule has 2 rings (SSSR count). The van der Waals surface area contributed by atoms with Crippen molar-refractivity contribution in [2.45, 2.75) is 31.3 Å². The largest absolute Gasteiger partial charge is 0.330 e. The van der Waals surface area contributed by atoms with Crippen molar-refractivity contribution in [3.8, 4) is 0 Å². The highest BCUT2D eigenvalue weighted by Gasteiger charge is 2.37. The Balaban J connectivity index is 2.03. The highest BCUT2D eigenvalue weighted by molar-refractivity contribution is 4.94. The first-order valence-corrected chi connectivity index (χ1v) is 5.83. The maximum Gasteiger partial charge on any atom is 0.0252 e. The summed E-state index contributed by atoms with van der Waals surface area (Å²) in [5, 5.41) is 0. The fraction of sp³-hybridized carbons (Fsp3) is 1.00. The van der Waals surface area contributed by atoms with Crippen molar-refractivity contribution in [1.29, 1.82) is 0 Å². The van der Waals surface area contributed by atoms with Gasteiger partial charge in [-0.15, -0.1) is 0 Å². The van der Waals surface area contributed by atoms with E-state index in [4.69, 9.17) is 5.73 Å². The zero-order chi connectivity index (χ0) is 10.1. The molecule has 0 amide bonds. The van der Waals surface area contributed by atoms with Crippen LogP contribution in [0, 0.1) is 5.92 Å². The molecule has 0 radical (unpaired) electrons. The smallest absolute Gasteiger partial charge is 0.0252 e. The quantitative estimate of drug-likeness (QED) is 0.659. The zero-order valence-electron chi connectivity index (χ0n) is 9.45. The van der Waals surface area contributed by atoms with Crippen LogP contribution in [0.2, 0.25) is 0 Å². The average Bonchev–Trinajstić information content (AvgIpc) is 2.23. The highest BCUT2D eigenvalue weighted by Crippen LogP contribution is 2.31. The minimum atomic E-state index is 0.760. The van der Waals surface area contributed by atoms with Gasteiger partial charge in [-0.3, -0.25) is 0 Å². The summed E-state index contributed by atoms with van der Waals surface area (Å²) in [6.45, 7) is 3.32. The number of rotatable bonds is 1. The topological polar surface area (TPSA) is 32.5 Å². The molecule has 0 aromatic rings. The molecular weight excluding hydrogens is 174 g/mol. The van der Waals surface area contributed by atoms with E-state index in [1.807, 2.05) is 0 Å². The van der Waals surface area contributed by atoms with Gasteiger partial charge < -0.3 is 15.5 Å². The SMILES string of the molecule is CN1CCN(C)C2CC(CN)CCC21. The summed E-state index contributed by atoms with van der Waals surface area (Å²) < 4.78 is 0. The van der Waals surface area contributed by atoms with Crippen molar-refractivity contribution < 1.29 is 0 Å². The van der Waals surface area contributed by atoms with Crippen molar-refractivity contribution in [3.05, 3.63) is 0 Å². The Bertz CT molecular complexity index is 195. The van der Waals surface area contributed by atoms with Gasteiger partial charge in [-0.2, -0.15) is 0 Å². The predicted octanol–water partition coefficient (Wildman–Crippen LogP) is 0.360. The fourth-order valence-corrected chi connectivity index (χ4v) is 3.06. The van der Waals surface area contributed by atoms with Gasteiger partial charge in [0.2, 0.25) is 0 Å². The van der Waals surface area contributed by atoms with E-state index in [1.165, 1.54) is 32.4 Å². The maximum atomic E-state index is 5.77. The standard InChI is InChI=1S/C11H23N3/c1-13-5-6-14(2)11-7-9(8-12)3-4-10(11)13/h9-11H,3-8,12H2,1-2H3. The molecule has 1 saturated heterocycles. The van der Waals surface area contributed by atoms with Crippen LogP contribution >= 0.6 is 0 Å². The van der Waals surface area contributed by atoms with Crippen molar-refractivity contribution >= 4 is 0 Å². The van der Waals surface area contributed by atoms with E-state index >= 15 is 0 Å². The maximum absolute atomic E-state index is 5.77. The van der Waals surface area contributed by atoms with Crippen LogP contribution in [0.3, 0.4) is 0 Å². The predicted molar refractivity (Wildman–Crippen MR) is 59.2 cm³/mol. The molecule has 82 valence electrons. The number of fused-ring (bicyclic) bond motifs is 1. The number of likely N-dealkylation sites (N-methyl/N-ethyl adjacent to an activating group) is 2. The molecule has 0 aromatic heterocycles. The van der Waals surface area contributed by atoms with Crippen molar-refractivity contribution in [2.75, 3.05) is 33.7 Å². The zero-order valence-corrected chi connectivity index (χ0v) is 9.45. The number of nitrogens with zero attached hydrogens (tertiary/aromatic N) is 2. The summed E-state index contributed by atoms with van der Waals surface area (Å²) in [6, 6.07) is 1.55. The van der Waals surface area contributed by atoms with Crippen LogP contribution in [0.15, 0.2) is 0 Å². The van der Waals surface area contributed by atoms with Crippen LogP contribution in [0.1, 0.15) is 19.3 Å². The Morgan fingerprint density at radius 3 is 2.36 bits per heavy atom. The molecule has 1 heterocycles. The Morgan fingerprint density at radius 2 is 1.71 bits per heavy atom. The van der Waals surface area contributed by atoms with Crippen LogP contribution in [0.25, 0.3) is 0 Å². The number of hydrogen-bond acceptors (Lipinski definition) is 3. The lowest BCUT2D eigenvalue weighted by atomic mass is 9.80. The molecule has 3 unspecified atom stereocenters. The van der Waals surface area contributed by atoms with E-state index in [2.05, 4.69) is 23.9 Å². The van der Waals surface area contributed by atoms with Crippen molar-refractivity contribution in [2.24, 2.45) is 11.7 Å². The third-order valence-corrected chi connectivity index (χ3v) is 4.16. The molecule has 3 atom stereocenters. The summed E-state index contributed by atoms with van der Waals surface area (Å²) >= 11 is 0. The number of nitrogens with two attached hydrogens (primary N) is 1. The molecule has 2 fully saturated rings. The Labute approximate surface area is 87.2 Å². The van der Waals surface area contributed by atoms with Crippen molar-refractivity contribution in [3.63, 3.8) is 0 Å². The molecule has 0 bridgehead atoms. The molecule has 3 heteroatoms. The molecule has 2 N–H and O–H groups in total. The minimum absolute atomic E-state index is 0.760. The second kappa shape index (κ2) is 4.17. The molecule has 1 aliphatic heterocycles. The van der Waals surface area contributed by atoms with Gasteiger partial charge in [0.1, 0.15) is 0 Å². The van der Waals surface area contributed by atoms with Crippen molar-refractivity contribution in [1.82, 2.24) is 9.80 Å². The lowest BCUT2D eigenvalue weighted by molar-refractivity contribution is 0.0114. The van der Waals surface area contributed by atoms with Crippen LogP contribution in [0.4, 0.5) is 0 Å². The Morgan fingerprint density at radius 1 is 1.07 bits per heavy atom. The molecule has 3 nitrogen and oxygen atoms in total. The first-order valence-electron chi connectivity index (χ1n) is 5.83. The van der Waals surface area contributed by atoms with E-state index in [0.717, 1.165) is 24.5 Å². The van der Waals surface area contributed by atoms with E-state index in [1.54, 1.807) is 0 Å². The summed E-state index contributed by atoms with van der Waals surface area (Å²) in [5.74, 6) is 0.769. The van der Waals surface area contributed by atoms with E-state index < -0.39 is 0 Å². The van der Waals surface area contributed by atoms with Gasteiger partial charge in [-0.1, -0.05) is 0 Å². The van der Waals surface area contributed by atoms with Gasteiger partial charge in [0.15, 0.2) is 0 Å². The summed E-state index contributed by atoms with van der Waals surface area (Å²) in [5.41, 5.74) is 5.77. The molecule has 0 spiro atoms. The minimum Gasteiger partial charge on any atom is -0.330 e. The van der Waals surface area contributed by atoms with Gasteiger partial charge in [-0.05, 0) is 45.8 Å². The van der Waals surface area contributed by atoms with Crippen LogP contribution in [0.5, 0.6) is 0 Å². The van der Waals surface area contributed by atoms with Gasteiger partial charge in [0, 0.05) is 25.2 Å². The van der Waals surface area contributed by atoms with Gasteiger partial charge in [0.05, 0.1) is 0 Å². The van der Waals surface area contributed by atoms with Crippen LogP contribution < -0.4 is 5.73 Å². The second-order valence-electron chi connectivity index (χ2n) is 5.01. The molecule has 1 saturated carbocycles. The third kappa shape index (κ3) is 1.81. The molecule has 0 aromatic carbocycles. The lowest BCUT2D eigenvalue weighted by Crippen LogP contribution is -2.59. The monoisotopic (exact) mass is 197 g/mol. The van der Waals surface area contributed by atoms with Gasteiger partial charge in [0.25, 0.3) is 0 Å². The first kappa shape index (κ1) is 10.4. The summed E-state index contributed by atoms with van der Waals surface area (Å²) in [7, 11) is 4.54. The van der Waals surface area contributed by atoms with E-state index in [0.29, 0.717) is 0 Å². The highest BCUT2D eigenvalue weighted by atomic mass is 15.3. The fourth-order valence-electron chi connectivity index (χ4n) is 3.06.